The second-order valence-corrected chi connectivity index (χ2v) is 4.71. The number of nitrogens with zero attached hydrogens (tertiary/aromatic N) is 1. The maximum absolute atomic E-state index is 12.0. The molecule has 0 aromatic carbocycles. The highest BCUT2D eigenvalue weighted by molar-refractivity contribution is 5.89. The fraction of sp³-hybridized carbons (Fsp3) is 0.818. The lowest BCUT2D eigenvalue weighted by molar-refractivity contribution is -0.137. The van der Waals surface area contributed by atoms with Gasteiger partial charge in [0.05, 0.1) is 5.92 Å². The largest absolute Gasteiger partial charge is 0.355 e. The zero-order valence-electron chi connectivity index (χ0n) is 9.85. The molecule has 1 unspecified atom stereocenters. The van der Waals surface area contributed by atoms with E-state index >= 15 is 0 Å². The molecule has 2 saturated heterocycles. The van der Waals surface area contributed by atoms with E-state index in [0.29, 0.717) is 25.4 Å². The minimum Gasteiger partial charge on any atom is -0.355 e. The number of hydrogen-bond acceptors (Lipinski definition) is 3. The van der Waals surface area contributed by atoms with Crippen molar-refractivity contribution in [3.8, 4) is 0 Å². The summed E-state index contributed by atoms with van der Waals surface area (Å²) in [7, 11) is 0. The number of amides is 2. The molecule has 0 saturated carbocycles. The highest BCUT2D eigenvalue weighted by Crippen LogP contribution is 2.20. The first-order chi connectivity index (χ1) is 7.70. The maximum atomic E-state index is 12.0. The van der Waals surface area contributed by atoms with Gasteiger partial charge in [0.1, 0.15) is 0 Å². The van der Waals surface area contributed by atoms with Crippen LogP contribution in [0.5, 0.6) is 0 Å². The number of likely N-dealkylation sites (tertiary alicyclic amines) is 1. The van der Waals surface area contributed by atoms with Crippen molar-refractivity contribution in [2.45, 2.75) is 19.3 Å². The molecule has 0 aliphatic carbocycles. The number of halogens is 1. The van der Waals surface area contributed by atoms with Gasteiger partial charge >= 0.3 is 0 Å². The van der Waals surface area contributed by atoms with Gasteiger partial charge in [-0.05, 0) is 25.3 Å². The van der Waals surface area contributed by atoms with Gasteiger partial charge in [0.15, 0.2) is 0 Å². The summed E-state index contributed by atoms with van der Waals surface area (Å²) in [5.74, 6) is 0.554. The monoisotopic (exact) mass is 261 g/mol. The van der Waals surface area contributed by atoms with Crippen molar-refractivity contribution < 1.29 is 9.59 Å². The van der Waals surface area contributed by atoms with Crippen molar-refractivity contribution in [1.82, 2.24) is 10.2 Å². The molecular formula is C11H20ClN3O2. The minimum atomic E-state index is -0.137. The van der Waals surface area contributed by atoms with E-state index in [1.54, 1.807) is 0 Å². The van der Waals surface area contributed by atoms with Crippen LogP contribution in [0, 0.1) is 11.8 Å². The number of carbonyl (C=O) groups excluding carboxylic acids is 2. The Bertz CT molecular complexity index is 290. The smallest absolute Gasteiger partial charge is 0.227 e. The first-order valence-corrected chi connectivity index (χ1v) is 5.96. The molecule has 0 radical (unpaired) electrons. The molecule has 17 heavy (non-hydrogen) atoms. The first kappa shape index (κ1) is 14.3. The second-order valence-electron chi connectivity index (χ2n) is 4.71. The molecule has 3 N–H and O–H groups in total. The van der Waals surface area contributed by atoms with Gasteiger partial charge in [-0.2, -0.15) is 0 Å². The highest BCUT2D eigenvalue weighted by Gasteiger charge is 2.32. The second kappa shape index (κ2) is 6.21. The van der Waals surface area contributed by atoms with Gasteiger partial charge in [0.25, 0.3) is 0 Å². The van der Waals surface area contributed by atoms with Crippen LogP contribution in [0.15, 0.2) is 0 Å². The summed E-state index contributed by atoms with van der Waals surface area (Å²) in [5, 5.41) is 2.70. The normalized spacial score (nSPS) is 25.4. The molecular weight excluding hydrogens is 242 g/mol. The summed E-state index contributed by atoms with van der Waals surface area (Å²) in [6, 6.07) is 0. The zero-order chi connectivity index (χ0) is 11.5. The van der Waals surface area contributed by atoms with Crippen LogP contribution in [0.3, 0.4) is 0 Å². The third kappa shape index (κ3) is 3.33. The Labute approximate surface area is 108 Å². The standard InChI is InChI=1S/C11H19N3O2.ClH/c12-6-8-1-3-14(4-2-8)11(16)9-5-10(15)13-7-9;/h8-9H,1-7,12H2,(H,13,15);1H. The Morgan fingerprint density at radius 2 is 2.06 bits per heavy atom. The summed E-state index contributed by atoms with van der Waals surface area (Å²) >= 11 is 0. The quantitative estimate of drug-likeness (QED) is 0.719. The summed E-state index contributed by atoms with van der Waals surface area (Å²) in [4.78, 5) is 25.0. The lowest BCUT2D eigenvalue weighted by Gasteiger charge is -2.32. The number of piperidine rings is 1. The Morgan fingerprint density at radius 1 is 1.41 bits per heavy atom. The molecule has 98 valence electrons. The van der Waals surface area contributed by atoms with E-state index in [0.717, 1.165) is 25.9 Å². The fourth-order valence-corrected chi connectivity index (χ4v) is 2.43. The molecule has 2 rings (SSSR count). The van der Waals surface area contributed by atoms with Crippen molar-refractivity contribution >= 4 is 24.2 Å². The number of carbonyl (C=O) groups is 2. The third-order valence-electron chi connectivity index (χ3n) is 3.59. The molecule has 6 heteroatoms. The molecule has 0 bridgehead atoms. The van der Waals surface area contributed by atoms with Crippen molar-refractivity contribution in [2.24, 2.45) is 17.6 Å². The van der Waals surface area contributed by atoms with Gasteiger partial charge < -0.3 is 16.0 Å². The molecule has 2 aliphatic heterocycles. The van der Waals surface area contributed by atoms with E-state index in [1.807, 2.05) is 4.90 Å². The molecule has 0 aromatic rings. The van der Waals surface area contributed by atoms with Crippen molar-refractivity contribution in [1.29, 1.82) is 0 Å². The fourth-order valence-electron chi connectivity index (χ4n) is 2.43. The predicted molar refractivity (Wildman–Crippen MR) is 66.7 cm³/mol. The number of rotatable bonds is 2. The molecule has 5 nitrogen and oxygen atoms in total. The van der Waals surface area contributed by atoms with E-state index in [9.17, 15) is 9.59 Å². The molecule has 0 spiro atoms. The van der Waals surface area contributed by atoms with E-state index < -0.39 is 0 Å². The van der Waals surface area contributed by atoms with Crippen LogP contribution in [0.25, 0.3) is 0 Å². The van der Waals surface area contributed by atoms with Gasteiger partial charge in [-0.25, -0.2) is 0 Å². The topological polar surface area (TPSA) is 75.4 Å². The van der Waals surface area contributed by atoms with Crippen LogP contribution >= 0.6 is 12.4 Å². The molecule has 0 aromatic heterocycles. The van der Waals surface area contributed by atoms with Crippen LogP contribution in [0.1, 0.15) is 19.3 Å². The average molecular weight is 262 g/mol. The molecule has 2 heterocycles. The van der Waals surface area contributed by atoms with Crippen LogP contribution in [0.4, 0.5) is 0 Å². The van der Waals surface area contributed by atoms with Crippen LogP contribution in [-0.4, -0.2) is 42.9 Å². The van der Waals surface area contributed by atoms with E-state index in [4.69, 9.17) is 5.73 Å². The van der Waals surface area contributed by atoms with Crippen molar-refractivity contribution in [3.05, 3.63) is 0 Å². The van der Waals surface area contributed by atoms with Gasteiger partial charge in [0.2, 0.25) is 11.8 Å². The summed E-state index contributed by atoms with van der Waals surface area (Å²) < 4.78 is 0. The summed E-state index contributed by atoms with van der Waals surface area (Å²) in [6.07, 6.45) is 2.35. The first-order valence-electron chi connectivity index (χ1n) is 5.96. The Morgan fingerprint density at radius 3 is 2.53 bits per heavy atom. The third-order valence-corrected chi connectivity index (χ3v) is 3.59. The average Bonchev–Trinajstić information content (AvgIpc) is 2.75. The molecule has 2 aliphatic rings. The lowest BCUT2D eigenvalue weighted by atomic mass is 9.95. The number of nitrogens with one attached hydrogen (secondary N) is 1. The molecule has 1 atom stereocenters. The van der Waals surface area contributed by atoms with E-state index in [1.165, 1.54) is 0 Å². The van der Waals surface area contributed by atoms with E-state index in [-0.39, 0.29) is 30.1 Å². The number of nitrogens with two attached hydrogens (primary N) is 1. The molecule has 2 amide bonds. The van der Waals surface area contributed by atoms with E-state index in [2.05, 4.69) is 5.32 Å². The lowest BCUT2D eigenvalue weighted by Crippen LogP contribution is -2.43. The van der Waals surface area contributed by atoms with Gasteiger partial charge in [-0.15, -0.1) is 12.4 Å². The SMILES string of the molecule is Cl.NCC1CCN(C(=O)C2CNC(=O)C2)CC1. The minimum absolute atomic E-state index is 0. The Kier molecular flexibility index (Phi) is 5.21. The maximum Gasteiger partial charge on any atom is 0.227 e. The van der Waals surface area contributed by atoms with Crippen molar-refractivity contribution in [3.63, 3.8) is 0 Å². The van der Waals surface area contributed by atoms with Gasteiger partial charge in [0, 0.05) is 26.1 Å². The zero-order valence-corrected chi connectivity index (χ0v) is 10.7. The summed E-state index contributed by atoms with van der Waals surface area (Å²) in [5.41, 5.74) is 5.61. The molecule has 2 fully saturated rings. The van der Waals surface area contributed by atoms with Gasteiger partial charge in [-0.1, -0.05) is 0 Å². The number of hydrogen-bond donors (Lipinski definition) is 2. The van der Waals surface area contributed by atoms with Crippen LogP contribution in [-0.2, 0) is 9.59 Å². The van der Waals surface area contributed by atoms with Crippen LogP contribution in [0.2, 0.25) is 0 Å². The predicted octanol–water partition coefficient (Wildman–Crippen LogP) is -0.258. The highest BCUT2D eigenvalue weighted by atomic mass is 35.5. The Balaban J connectivity index is 0.00000144. The van der Waals surface area contributed by atoms with Crippen molar-refractivity contribution in [2.75, 3.05) is 26.2 Å². The summed E-state index contributed by atoms with van der Waals surface area (Å²) in [6.45, 7) is 2.82. The van der Waals surface area contributed by atoms with Gasteiger partial charge in [-0.3, -0.25) is 9.59 Å². The Hall–Kier alpha value is -0.810. The van der Waals surface area contributed by atoms with Crippen LogP contribution < -0.4 is 11.1 Å².